The van der Waals surface area contributed by atoms with Gasteiger partial charge in [0.25, 0.3) is 0 Å². The summed E-state index contributed by atoms with van der Waals surface area (Å²) in [6.45, 7) is 6.20. The molecule has 1 aromatic rings. The highest BCUT2D eigenvalue weighted by Crippen LogP contribution is 2.31. The molecule has 0 fully saturated rings. The molecule has 1 aromatic carbocycles. The largest absolute Gasteiger partial charge is 0.481 e. The van der Waals surface area contributed by atoms with E-state index in [1.165, 1.54) is 0 Å². The monoisotopic (exact) mass is 277 g/mol. The summed E-state index contributed by atoms with van der Waals surface area (Å²) in [5.74, 6) is -2.64. The molecule has 0 aliphatic rings. The van der Waals surface area contributed by atoms with E-state index in [9.17, 15) is 14.7 Å². The zero-order valence-electron chi connectivity index (χ0n) is 12.3. The lowest BCUT2D eigenvalue weighted by Crippen LogP contribution is -2.38. The predicted molar refractivity (Wildman–Crippen MR) is 78.4 cm³/mol. The highest BCUT2D eigenvalue weighted by atomic mass is 16.4. The van der Waals surface area contributed by atoms with Crippen LogP contribution in [0.3, 0.4) is 0 Å². The van der Waals surface area contributed by atoms with Crippen LogP contribution in [0.5, 0.6) is 0 Å². The fourth-order valence-corrected chi connectivity index (χ4v) is 2.35. The number of nitrogens with one attached hydrogen (secondary N) is 1. The summed E-state index contributed by atoms with van der Waals surface area (Å²) in [4.78, 5) is 23.9. The molecule has 0 radical (unpaired) electrons. The zero-order valence-corrected chi connectivity index (χ0v) is 12.3. The first-order valence-electron chi connectivity index (χ1n) is 7.04. The summed E-state index contributed by atoms with van der Waals surface area (Å²) in [5, 5.41) is 12.3. The summed E-state index contributed by atoms with van der Waals surface area (Å²) in [5.41, 5.74) is 0.752. The van der Waals surface area contributed by atoms with Crippen molar-refractivity contribution in [2.75, 3.05) is 6.54 Å². The molecule has 4 nitrogen and oxygen atoms in total. The Balaban J connectivity index is 3.12. The molecular formula is C16H23NO3. The van der Waals surface area contributed by atoms with Gasteiger partial charge < -0.3 is 10.4 Å². The normalized spacial score (nSPS) is 13.8. The van der Waals surface area contributed by atoms with Crippen molar-refractivity contribution in [3.63, 3.8) is 0 Å². The smallest absolute Gasteiger partial charge is 0.307 e. The van der Waals surface area contributed by atoms with Crippen molar-refractivity contribution in [1.29, 1.82) is 0 Å². The molecule has 2 N–H and O–H groups in total. The van der Waals surface area contributed by atoms with Crippen molar-refractivity contribution in [3.8, 4) is 0 Å². The molecule has 0 bridgehead atoms. The number of carbonyl (C=O) groups is 2. The Hall–Kier alpha value is -1.84. The molecule has 20 heavy (non-hydrogen) atoms. The SMILES string of the molecule is CCCNC(=O)C(c1ccccc1)C(C(=O)O)C(C)C. The van der Waals surface area contributed by atoms with Crippen LogP contribution in [0.25, 0.3) is 0 Å². The molecule has 110 valence electrons. The van der Waals surface area contributed by atoms with E-state index in [-0.39, 0.29) is 11.8 Å². The maximum absolute atomic E-state index is 12.4. The van der Waals surface area contributed by atoms with Crippen LogP contribution in [-0.2, 0) is 9.59 Å². The van der Waals surface area contributed by atoms with Gasteiger partial charge in [0.1, 0.15) is 0 Å². The molecule has 0 saturated heterocycles. The van der Waals surface area contributed by atoms with Gasteiger partial charge in [-0.15, -0.1) is 0 Å². The van der Waals surface area contributed by atoms with Crippen molar-refractivity contribution in [2.24, 2.45) is 11.8 Å². The number of carboxylic acids is 1. The minimum Gasteiger partial charge on any atom is -0.481 e. The van der Waals surface area contributed by atoms with Crippen LogP contribution in [-0.4, -0.2) is 23.5 Å². The van der Waals surface area contributed by atoms with Crippen molar-refractivity contribution >= 4 is 11.9 Å². The van der Waals surface area contributed by atoms with Crippen LogP contribution < -0.4 is 5.32 Å². The van der Waals surface area contributed by atoms with E-state index in [4.69, 9.17) is 0 Å². The van der Waals surface area contributed by atoms with E-state index in [1.807, 2.05) is 51.1 Å². The van der Waals surface area contributed by atoms with Crippen LogP contribution in [0.4, 0.5) is 0 Å². The van der Waals surface area contributed by atoms with Crippen LogP contribution in [0, 0.1) is 11.8 Å². The fourth-order valence-electron chi connectivity index (χ4n) is 2.35. The predicted octanol–water partition coefficient (Wildman–Crippen LogP) is 2.65. The molecule has 1 amide bonds. The topological polar surface area (TPSA) is 66.4 Å². The second-order valence-corrected chi connectivity index (χ2v) is 5.29. The molecule has 0 spiro atoms. The second kappa shape index (κ2) is 7.68. The number of carboxylic acid groups (broad SMARTS) is 1. The molecule has 2 unspecified atom stereocenters. The molecule has 0 aliphatic heterocycles. The summed E-state index contributed by atoms with van der Waals surface area (Å²) in [6.07, 6.45) is 0.826. The summed E-state index contributed by atoms with van der Waals surface area (Å²) in [6, 6.07) is 9.14. The Morgan fingerprint density at radius 1 is 1.20 bits per heavy atom. The first-order valence-corrected chi connectivity index (χ1v) is 7.04. The van der Waals surface area contributed by atoms with Gasteiger partial charge in [0.15, 0.2) is 0 Å². The highest BCUT2D eigenvalue weighted by Gasteiger charge is 2.36. The number of rotatable bonds is 7. The zero-order chi connectivity index (χ0) is 15.1. The summed E-state index contributed by atoms with van der Waals surface area (Å²) < 4.78 is 0. The molecular weight excluding hydrogens is 254 g/mol. The minimum atomic E-state index is -0.930. The van der Waals surface area contributed by atoms with Gasteiger partial charge in [-0.2, -0.15) is 0 Å². The van der Waals surface area contributed by atoms with E-state index in [1.54, 1.807) is 0 Å². The van der Waals surface area contributed by atoms with Crippen LogP contribution in [0.15, 0.2) is 30.3 Å². The Labute approximate surface area is 120 Å². The van der Waals surface area contributed by atoms with Gasteiger partial charge >= 0.3 is 5.97 Å². The third kappa shape index (κ3) is 4.08. The Morgan fingerprint density at radius 3 is 2.25 bits per heavy atom. The lowest BCUT2D eigenvalue weighted by Gasteiger charge is -2.26. The first-order chi connectivity index (χ1) is 9.49. The van der Waals surface area contributed by atoms with Gasteiger partial charge in [0.05, 0.1) is 11.8 Å². The number of hydrogen-bond acceptors (Lipinski definition) is 2. The third-order valence-electron chi connectivity index (χ3n) is 3.35. The second-order valence-electron chi connectivity index (χ2n) is 5.29. The van der Waals surface area contributed by atoms with Gasteiger partial charge in [-0.25, -0.2) is 0 Å². The molecule has 0 heterocycles. The Bertz CT molecular complexity index is 442. The Kier molecular flexibility index (Phi) is 6.22. The van der Waals surface area contributed by atoms with Crippen molar-refractivity contribution < 1.29 is 14.7 Å². The lowest BCUT2D eigenvalue weighted by atomic mass is 9.78. The molecule has 4 heteroatoms. The van der Waals surface area contributed by atoms with Gasteiger partial charge in [-0.1, -0.05) is 51.1 Å². The average molecular weight is 277 g/mol. The fraction of sp³-hybridized carbons (Fsp3) is 0.500. The molecule has 0 aliphatic carbocycles. The maximum Gasteiger partial charge on any atom is 0.307 e. The molecule has 0 aromatic heterocycles. The van der Waals surface area contributed by atoms with E-state index in [0.717, 1.165) is 12.0 Å². The molecule has 2 atom stereocenters. The van der Waals surface area contributed by atoms with Crippen molar-refractivity contribution in [1.82, 2.24) is 5.32 Å². The highest BCUT2D eigenvalue weighted by molar-refractivity contribution is 5.89. The van der Waals surface area contributed by atoms with Gasteiger partial charge in [0.2, 0.25) is 5.91 Å². The number of benzene rings is 1. The van der Waals surface area contributed by atoms with Gasteiger partial charge in [-0.05, 0) is 17.9 Å². The standard InChI is InChI=1S/C16H23NO3/c1-4-10-17-15(18)14(12-8-6-5-7-9-12)13(11(2)3)16(19)20/h5-9,11,13-14H,4,10H2,1-3H3,(H,17,18)(H,19,20). The van der Waals surface area contributed by atoms with Crippen molar-refractivity contribution in [2.45, 2.75) is 33.1 Å². The van der Waals surface area contributed by atoms with Crippen LogP contribution in [0.2, 0.25) is 0 Å². The van der Waals surface area contributed by atoms with Gasteiger partial charge in [0, 0.05) is 6.54 Å². The number of hydrogen-bond donors (Lipinski definition) is 2. The van der Waals surface area contributed by atoms with Crippen molar-refractivity contribution in [3.05, 3.63) is 35.9 Å². The quantitative estimate of drug-likeness (QED) is 0.805. The lowest BCUT2D eigenvalue weighted by molar-refractivity contribution is -0.147. The Morgan fingerprint density at radius 2 is 1.80 bits per heavy atom. The van der Waals surface area contributed by atoms with Crippen LogP contribution >= 0.6 is 0 Å². The number of carbonyl (C=O) groups excluding carboxylic acids is 1. The van der Waals surface area contributed by atoms with E-state index in [2.05, 4.69) is 5.32 Å². The maximum atomic E-state index is 12.4. The molecule has 0 saturated carbocycles. The average Bonchev–Trinajstić information content (AvgIpc) is 2.42. The van der Waals surface area contributed by atoms with Crippen LogP contribution in [0.1, 0.15) is 38.7 Å². The summed E-state index contributed by atoms with van der Waals surface area (Å²) >= 11 is 0. The summed E-state index contributed by atoms with van der Waals surface area (Å²) in [7, 11) is 0. The third-order valence-corrected chi connectivity index (χ3v) is 3.35. The van der Waals surface area contributed by atoms with Gasteiger partial charge in [-0.3, -0.25) is 9.59 Å². The van der Waals surface area contributed by atoms with E-state index >= 15 is 0 Å². The minimum absolute atomic E-state index is 0.120. The number of aliphatic carboxylic acids is 1. The molecule has 1 rings (SSSR count). The number of amides is 1. The van der Waals surface area contributed by atoms with E-state index in [0.29, 0.717) is 6.54 Å². The van der Waals surface area contributed by atoms with E-state index < -0.39 is 17.8 Å². The first kappa shape index (κ1) is 16.2.